The van der Waals surface area contributed by atoms with Crippen LogP contribution in [0.5, 0.6) is 5.75 Å². The van der Waals surface area contributed by atoms with Gasteiger partial charge in [0, 0.05) is 35.8 Å². The van der Waals surface area contributed by atoms with E-state index in [4.69, 9.17) is 16.3 Å². The Balaban J connectivity index is 1.76. The number of aromatic nitrogens is 1. The predicted molar refractivity (Wildman–Crippen MR) is 103 cm³/mol. The Morgan fingerprint density at radius 3 is 2.96 bits per heavy atom. The highest BCUT2D eigenvalue weighted by molar-refractivity contribution is 6.32. The van der Waals surface area contributed by atoms with E-state index in [2.05, 4.69) is 15.2 Å². The lowest BCUT2D eigenvalue weighted by molar-refractivity contribution is -0.127. The van der Waals surface area contributed by atoms with E-state index in [0.29, 0.717) is 23.9 Å². The largest absolute Gasteiger partial charge is 0.477 e. The summed E-state index contributed by atoms with van der Waals surface area (Å²) in [5.41, 5.74) is 2.76. The zero-order chi connectivity index (χ0) is 18.1. The van der Waals surface area contributed by atoms with E-state index in [0.717, 1.165) is 22.2 Å². The number of rotatable bonds is 3. The van der Waals surface area contributed by atoms with Gasteiger partial charge in [0.25, 0.3) is 5.91 Å². The highest BCUT2D eigenvalue weighted by atomic mass is 35.5. The maximum atomic E-state index is 12.2. The maximum absolute atomic E-state index is 12.2. The molecule has 0 unspecified atom stereocenters. The molecule has 1 amide bonds. The van der Waals surface area contributed by atoms with Crippen molar-refractivity contribution in [2.24, 2.45) is 0 Å². The molecule has 1 aromatic heterocycles. The fraction of sp³-hybridized carbons (Fsp3) is 0.200. The molecule has 0 fully saturated rings. The zero-order valence-electron chi connectivity index (χ0n) is 14.3. The van der Waals surface area contributed by atoms with E-state index >= 15 is 0 Å². The first-order valence-electron chi connectivity index (χ1n) is 8.41. The van der Waals surface area contributed by atoms with Crippen molar-refractivity contribution in [2.45, 2.75) is 12.6 Å². The second-order valence-electron chi connectivity index (χ2n) is 6.17. The smallest absolute Gasteiger partial charge is 0.262 e. The number of likely N-dealkylation sites (N-methyl/N-ethyl adjacent to an activating group) is 1. The summed E-state index contributed by atoms with van der Waals surface area (Å²) in [4.78, 5) is 18.8. The highest BCUT2D eigenvalue weighted by Gasteiger charge is 2.30. The molecule has 2 heterocycles. The lowest BCUT2D eigenvalue weighted by atomic mass is 10.1. The lowest BCUT2D eigenvalue weighted by Crippen LogP contribution is -2.48. The SMILES string of the molecule is CNC(=O)[C@H]1CN(Cc2c(Cl)ccc3cccnc23)c2ccccc2O1. The third kappa shape index (κ3) is 2.95. The molecule has 1 N–H and O–H groups in total. The molecular formula is C20H18ClN3O2. The number of nitrogens with zero attached hydrogens (tertiary/aromatic N) is 2. The number of fused-ring (bicyclic) bond motifs is 2. The van der Waals surface area contributed by atoms with Crippen molar-refractivity contribution >= 4 is 34.1 Å². The Bertz CT molecular complexity index is 976. The molecule has 0 bridgehead atoms. The van der Waals surface area contributed by atoms with E-state index < -0.39 is 6.10 Å². The van der Waals surface area contributed by atoms with Gasteiger partial charge in [-0.1, -0.05) is 35.9 Å². The topological polar surface area (TPSA) is 54.5 Å². The molecule has 0 aliphatic carbocycles. The Labute approximate surface area is 156 Å². The molecule has 0 saturated carbocycles. The standard InChI is InChI=1S/C20H18ClN3O2/c1-22-20(25)18-12-24(16-6-2-3-7-17(16)26-18)11-14-15(21)9-8-13-5-4-10-23-19(13)14/h2-10,18H,11-12H2,1H3,(H,22,25)/t18-/m1/s1. The predicted octanol–water partition coefficient (Wildman–Crippen LogP) is 3.40. The summed E-state index contributed by atoms with van der Waals surface area (Å²) >= 11 is 6.50. The molecule has 1 aliphatic rings. The molecule has 0 spiro atoms. The molecule has 6 heteroatoms. The van der Waals surface area contributed by atoms with Crippen LogP contribution in [0.2, 0.25) is 5.02 Å². The van der Waals surface area contributed by atoms with E-state index in [1.807, 2.05) is 48.5 Å². The number of nitrogens with one attached hydrogen (secondary N) is 1. The minimum Gasteiger partial charge on any atom is -0.477 e. The molecular weight excluding hydrogens is 350 g/mol. The van der Waals surface area contributed by atoms with Gasteiger partial charge in [-0.25, -0.2) is 0 Å². The van der Waals surface area contributed by atoms with Crippen molar-refractivity contribution in [3.63, 3.8) is 0 Å². The summed E-state index contributed by atoms with van der Waals surface area (Å²) in [7, 11) is 1.61. The summed E-state index contributed by atoms with van der Waals surface area (Å²) in [6.45, 7) is 0.983. The van der Waals surface area contributed by atoms with E-state index in [1.54, 1.807) is 13.2 Å². The normalized spacial score (nSPS) is 16.1. The van der Waals surface area contributed by atoms with Crippen LogP contribution in [0.25, 0.3) is 10.9 Å². The van der Waals surface area contributed by atoms with Crippen LogP contribution in [0.3, 0.4) is 0 Å². The van der Waals surface area contributed by atoms with Crippen LogP contribution in [0.1, 0.15) is 5.56 Å². The fourth-order valence-electron chi connectivity index (χ4n) is 3.28. The van der Waals surface area contributed by atoms with Crippen molar-refractivity contribution in [1.29, 1.82) is 0 Å². The molecule has 3 aromatic rings. The molecule has 0 saturated heterocycles. The van der Waals surface area contributed by atoms with Gasteiger partial charge >= 0.3 is 0 Å². The molecule has 2 aromatic carbocycles. The van der Waals surface area contributed by atoms with Crippen LogP contribution in [-0.2, 0) is 11.3 Å². The average Bonchev–Trinajstić information content (AvgIpc) is 2.69. The van der Waals surface area contributed by atoms with Crippen LogP contribution in [0.15, 0.2) is 54.7 Å². The summed E-state index contributed by atoms with van der Waals surface area (Å²) in [5.74, 6) is 0.545. The molecule has 1 aliphatic heterocycles. The number of carbonyl (C=O) groups excluding carboxylic acids is 1. The van der Waals surface area contributed by atoms with Crippen LogP contribution >= 0.6 is 11.6 Å². The zero-order valence-corrected chi connectivity index (χ0v) is 15.0. The summed E-state index contributed by atoms with van der Waals surface area (Å²) in [5, 5.41) is 4.36. The van der Waals surface area contributed by atoms with Crippen LogP contribution < -0.4 is 15.0 Å². The Morgan fingerprint density at radius 1 is 1.27 bits per heavy atom. The lowest BCUT2D eigenvalue weighted by Gasteiger charge is -2.35. The number of hydrogen-bond acceptors (Lipinski definition) is 4. The number of ether oxygens (including phenoxy) is 1. The fourth-order valence-corrected chi connectivity index (χ4v) is 3.49. The van der Waals surface area contributed by atoms with Crippen molar-refractivity contribution < 1.29 is 9.53 Å². The van der Waals surface area contributed by atoms with Crippen molar-refractivity contribution in [3.8, 4) is 5.75 Å². The number of carbonyl (C=O) groups is 1. The highest BCUT2D eigenvalue weighted by Crippen LogP contribution is 2.36. The molecule has 5 nitrogen and oxygen atoms in total. The van der Waals surface area contributed by atoms with E-state index in [9.17, 15) is 4.79 Å². The van der Waals surface area contributed by atoms with Gasteiger partial charge in [0.15, 0.2) is 6.10 Å². The van der Waals surface area contributed by atoms with Crippen LogP contribution in [0.4, 0.5) is 5.69 Å². The number of pyridine rings is 1. The number of hydrogen-bond donors (Lipinski definition) is 1. The quantitative estimate of drug-likeness (QED) is 0.770. The van der Waals surface area contributed by atoms with Gasteiger partial charge in [0.2, 0.25) is 0 Å². The molecule has 132 valence electrons. The van der Waals surface area contributed by atoms with Crippen LogP contribution in [-0.4, -0.2) is 30.6 Å². The summed E-state index contributed by atoms with van der Waals surface area (Å²) in [6.07, 6.45) is 1.19. The second kappa shape index (κ2) is 6.84. The third-order valence-electron chi connectivity index (χ3n) is 4.57. The number of benzene rings is 2. The van der Waals surface area contributed by atoms with Crippen LogP contribution in [0, 0.1) is 0 Å². The minimum atomic E-state index is -0.573. The monoisotopic (exact) mass is 367 g/mol. The Kier molecular flexibility index (Phi) is 4.39. The Morgan fingerprint density at radius 2 is 2.12 bits per heavy atom. The van der Waals surface area contributed by atoms with E-state index in [1.165, 1.54) is 0 Å². The van der Waals surface area contributed by atoms with Gasteiger partial charge in [0.05, 0.1) is 17.7 Å². The first kappa shape index (κ1) is 16.7. The van der Waals surface area contributed by atoms with Crippen molar-refractivity contribution in [3.05, 3.63) is 65.3 Å². The van der Waals surface area contributed by atoms with E-state index in [-0.39, 0.29) is 5.91 Å². The van der Waals surface area contributed by atoms with Gasteiger partial charge < -0.3 is 15.0 Å². The Hall–Kier alpha value is -2.79. The summed E-state index contributed by atoms with van der Waals surface area (Å²) < 4.78 is 5.87. The minimum absolute atomic E-state index is 0.147. The van der Waals surface area contributed by atoms with Gasteiger partial charge in [-0.2, -0.15) is 0 Å². The molecule has 0 radical (unpaired) electrons. The maximum Gasteiger partial charge on any atom is 0.262 e. The summed E-state index contributed by atoms with van der Waals surface area (Å²) in [6, 6.07) is 15.5. The average molecular weight is 368 g/mol. The van der Waals surface area contributed by atoms with Crippen molar-refractivity contribution in [1.82, 2.24) is 10.3 Å². The first-order chi connectivity index (χ1) is 12.7. The van der Waals surface area contributed by atoms with Gasteiger partial charge in [-0.15, -0.1) is 0 Å². The number of halogens is 1. The molecule has 1 atom stereocenters. The number of para-hydroxylation sites is 2. The van der Waals surface area contributed by atoms with Gasteiger partial charge in [-0.3, -0.25) is 9.78 Å². The third-order valence-corrected chi connectivity index (χ3v) is 4.93. The molecule has 26 heavy (non-hydrogen) atoms. The number of anilines is 1. The first-order valence-corrected chi connectivity index (χ1v) is 8.79. The van der Waals surface area contributed by atoms with Gasteiger partial charge in [-0.05, 0) is 24.3 Å². The number of amides is 1. The van der Waals surface area contributed by atoms with Gasteiger partial charge in [0.1, 0.15) is 5.75 Å². The second-order valence-corrected chi connectivity index (χ2v) is 6.58. The molecule has 4 rings (SSSR count). The van der Waals surface area contributed by atoms with Crippen molar-refractivity contribution in [2.75, 3.05) is 18.5 Å².